The van der Waals surface area contributed by atoms with Gasteiger partial charge < -0.3 is 15.3 Å². The van der Waals surface area contributed by atoms with Crippen LogP contribution in [0.5, 0.6) is 0 Å². The van der Waals surface area contributed by atoms with Crippen LogP contribution in [0.1, 0.15) is 34.0 Å². The lowest BCUT2D eigenvalue weighted by atomic mass is 10.0. The number of hydrogen-bond donors (Lipinski definition) is 2. The molecule has 0 saturated heterocycles. The lowest BCUT2D eigenvalue weighted by molar-refractivity contribution is 0.0702. The quantitative estimate of drug-likeness (QED) is 0.807. The highest BCUT2D eigenvalue weighted by Gasteiger charge is 2.16. The van der Waals surface area contributed by atoms with Gasteiger partial charge in [0, 0.05) is 24.0 Å². The van der Waals surface area contributed by atoms with Gasteiger partial charge >= 0.3 is 5.97 Å². The Hall–Kier alpha value is -0.910. The lowest BCUT2D eigenvalue weighted by Crippen LogP contribution is -2.41. The Morgan fingerprint density at radius 2 is 2.11 bits per heavy atom. The minimum atomic E-state index is -0.840. The summed E-state index contributed by atoms with van der Waals surface area (Å²) in [5.41, 5.74) is 1.09. The molecule has 0 amide bonds. The van der Waals surface area contributed by atoms with Crippen LogP contribution in [0, 0.1) is 12.8 Å². The molecule has 5 heteroatoms. The van der Waals surface area contributed by atoms with Gasteiger partial charge in [-0.3, -0.25) is 0 Å². The van der Waals surface area contributed by atoms with Gasteiger partial charge in [0.1, 0.15) is 4.88 Å². The largest absolute Gasteiger partial charge is 0.477 e. The van der Waals surface area contributed by atoms with Crippen molar-refractivity contribution >= 4 is 17.3 Å². The zero-order chi connectivity index (χ0) is 14.6. The van der Waals surface area contributed by atoms with Gasteiger partial charge in [0.25, 0.3) is 0 Å². The molecule has 0 aliphatic carbocycles. The lowest BCUT2D eigenvalue weighted by Gasteiger charge is -2.25. The highest BCUT2D eigenvalue weighted by Crippen LogP contribution is 2.21. The standard InChI is InChI=1S/C14H24N2O2S/c1-9(2)12(8-16(4)5)15-7-11-6-13(14(17)18)19-10(11)3/h6,9,12,15H,7-8H2,1-5H3,(H,17,18). The van der Waals surface area contributed by atoms with Crippen LogP contribution in [0.4, 0.5) is 0 Å². The Morgan fingerprint density at radius 1 is 1.47 bits per heavy atom. The Balaban J connectivity index is 2.66. The molecular formula is C14H24N2O2S. The molecule has 1 unspecified atom stereocenters. The number of nitrogens with one attached hydrogen (secondary N) is 1. The molecule has 0 saturated carbocycles. The molecule has 0 spiro atoms. The van der Waals surface area contributed by atoms with E-state index in [1.807, 2.05) is 6.92 Å². The Morgan fingerprint density at radius 3 is 2.53 bits per heavy atom. The molecule has 19 heavy (non-hydrogen) atoms. The molecule has 1 aromatic rings. The topological polar surface area (TPSA) is 52.6 Å². The van der Waals surface area contributed by atoms with Gasteiger partial charge in [0.15, 0.2) is 0 Å². The summed E-state index contributed by atoms with van der Waals surface area (Å²) in [5.74, 6) is -0.298. The average Bonchev–Trinajstić information content (AvgIpc) is 2.65. The van der Waals surface area contributed by atoms with E-state index in [-0.39, 0.29) is 0 Å². The normalized spacial score (nSPS) is 13.2. The van der Waals surface area contributed by atoms with Crippen LogP contribution in [-0.4, -0.2) is 42.7 Å². The molecule has 0 aromatic carbocycles. The number of carboxylic acid groups (broad SMARTS) is 1. The predicted octanol–water partition coefficient (Wildman–Crippen LogP) is 2.43. The van der Waals surface area contributed by atoms with Crippen molar-refractivity contribution in [2.45, 2.75) is 33.4 Å². The van der Waals surface area contributed by atoms with Gasteiger partial charge in [0.05, 0.1) is 0 Å². The summed E-state index contributed by atoms with van der Waals surface area (Å²) in [6.45, 7) is 8.08. The van der Waals surface area contributed by atoms with Crippen molar-refractivity contribution in [1.82, 2.24) is 10.2 Å². The number of aryl methyl sites for hydroxylation is 1. The third-order valence-electron chi connectivity index (χ3n) is 3.15. The number of rotatable bonds is 7. The van der Waals surface area contributed by atoms with Crippen molar-refractivity contribution in [1.29, 1.82) is 0 Å². The minimum absolute atomic E-state index is 0.405. The summed E-state index contributed by atoms with van der Waals surface area (Å²) in [5, 5.41) is 12.5. The van der Waals surface area contributed by atoms with Gasteiger partial charge in [-0.15, -0.1) is 11.3 Å². The molecule has 0 aliphatic rings. The fraction of sp³-hybridized carbons (Fsp3) is 0.643. The van der Waals surface area contributed by atoms with E-state index in [0.29, 0.717) is 16.8 Å². The fourth-order valence-electron chi connectivity index (χ4n) is 1.95. The molecule has 2 N–H and O–H groups in total. The number of likely N-dealkylation sites (N-methyl/N-ethyl adjacent to an activating group) is 1. The Bertz CT molecular complexity index is 427. The van der Waals surface area contributed by atoms with Crippen molar-refractivity contribution in [3.05, 3.63) is 21.4 Å². The van der Waals surface area contributed by atoms with Gasteiger partial charge in [-0.2, -0.15) is 0 Å². The zero-order valence-electron chi connectivity index (χ0n) is 12.4. The first-order valence-electron chi connectivity index (χ1n) is 6.52. The van der Waals surface area contributed by atoms with E-state index in [4.69, 9.17) is 5.11 Å². The second kappa shape index (κ2) is 7.03. The molecule has 0 aliphatic heterocycles. The average molecular weight is 284 g/mol. The summed E-state index contributed by atoms with van der Waals surface area (Å²) < 4.78 is 0. The van der Waals surface area contributed by atoms with Crippen LogP contribution in [0.15, 0.2) is 6.07 Å². The third-order valence-corrected chi connectivity index (χ3v) is 4.23. The van der Waals surface area contributed by atoms with Gasteiger partial charge in [-0.05, 0) is 38.6 Å². The van der Waals surface area contributed by atoms with Crippen molar-refractivity contribution in [2.75, 3.05) is 20.6 Å². The number of carbonyl (C=O) groups is 1. The van der Waals surface area contributed by atoms with Crippen molar-refractivity contribution < 1.29 is 9.90 Å². The van der Waals surface area contributed by atoms with Crippen LogP contribution in [0.2, 0.25) is 0 Å². The molecule has 1 atom stereocenters. The van der Waals surface area contributed by atoms with Gasteiger partial charge in [-0.1, -0.05) is 13.8 Å². The minimum Gasteiger partial charge on any atom is -0.477 e. The van der Waals surface area contributed by atoms with Crippen molar-refractivity contribution in [3.63, 3.8) is 0 Å². The Labute approximate surface area is 119 Å². The first kappa shape index (κ1) is 16.1. The summed E-state index contributed by atoms with van der Waals surface area (Å²) >= 11 is 1.35. The third kappa shape index (κ3) is 4.93. The molecule has 1 heterocycles. The molecule has 108 valence electrons. The van der Waals surface area contributed by atoms with Crippen LogP contribution in [-0.2, 0) is 6.54 Å². The molecule has 1 aromatic heterocycles. The van der Waals surface area contributed by atoms with E-state index in [9.17, 15) is 4.79 Å². The second-order valence-electron chi connectivity index (χ2n) is 5.49. The summed E-state index contributed by atoms with van der Waals surface area (Å²) in [6.07, 6.45) is 0. The summed E-state index contributed by atoms with van der Waals surface area (Å²) in [6, 6.07) is 2.19. The molecule has 4 nitrogen and oxygen atoms in total. The summed E-state index contributed by atoms with van der Waals surface area (Å²) in [4.78, 5) is 14.6. The highest BCUT2D eigenvalue weighted by molar-refractivity contribution is 7.14. The fourth-order valence-corrected chi connectivity index (χ4v) is 2.83. The van der Waals surface area contributed by atoms with Crippen LogP contribution >= 0.6 is 11.3 Å². The van der Waals surface area contributed by atoms with Crippen LogP contribution in [0.25, 0.3) is 0 Å². The summed E-state index contributed by atoms with van der Waals surface area (Å²) in [7, 11) is 4.13. The SMILES string of the molecule is Cc1sc(C(=O)O)cc1CNC(CN(C)C)C(C)C. The smallest absolute Gasteiger partial charge is 0.345 e. The monoisotopic (exact) mass is 284 g/mol. The van der Waals surface area contributed by atoms with E-state index in [1.165, 1.54) is 11.3 Å². The van der Waals surface area contributed by atoms with Crippen LogP contribution in [0.3, 0.4) is 0 Å². The van der Waals surface area contributed by atoms with E-state index in [1.54, 1.807) is 6.07 Å². The number of aromatic carboxylic acids is 1. The maximum absolute atomic E-state index is 10.9. The Kier molecular flexibility index (Phi) is 5.97. The number of nitrogens with zero attached hydrogens (tertiary/aromatic N) is 1. The molecule has 1 rings (SSSR count). The van der Waals surface area contributed by atoms with Crippen molar-refractivity contribution in [3.8, 4) is 0 Å². The van der Waals surface area contributed by atoms with E-state index < -0.39 is 5.97 Å². The van der Waals surface area contributed by atoms with Gasteiger partial charge in [0.2, 0.25) is 0 Å². The molecule has 0 bridgehead atoms. The maximum Gasteiger partial charge on any atom is 0.345 e. The maximum atomic E-state index is 10.9. The highest BCUT2D eigenvalue weighted by atomic mass is 32.1. The van der Waals surface area contributed by atoms with Crippen LogP contribution < -0.4 is 5.32 Å². The molecule has 0 radical (unpaired) electrons. The zero-order valence-corrected chi connectivity index (χ0v) is 13.2. The number of hydrogen-bond acceptors (Lipinski definition) is 4. The molecular weight excluding hydrogens is 260 g/mol. The number of carboxylic acids is 1. The van der Waals surface area contributed by atoms with E-state index in [2.05, 4.69) is 38.2 Å². The molecule has 0 fully saturated rings. The van der Waals surface area contributed by atoms with E-state index >= 15 is 0 Å². The van der Waals surface area contributed by atoms with Crippen molar-refractivity contribution in [2.24, 2.45) is 5.92 Å². The number of thiophene rings is 1. The second-order valence-corrected chi connectivity index (χ2v) is 6.75. The van der Waals surface area contributed by atoms with Gasteiger partial charge in [-0.25, -0.2) is 4.79 Å². The first-order chi connectivity index (χ1) is 8.81. The predicted molar refractivity (Wildman–Crippen MR) is 80.0 cm³/mol. The van der Waals surface area contributed by atoms with E-state index in [0.717, 1.165) is 23.5 Å². The first-order valence-corrected chi connectivity index (χ1v) is 7.33.